The second-order valence-electron chi connectivity index (χ2n) is 2.73. The first-order valence-corrected chi connectivity index (χ1v) is 4.13. The molecule has 0 saturated heterocycles. The van der Waals surface area contributed by atoms with Crippen LogP contribution in [0.1, 0.15) is 5.56 Å². The predicted octanol–water partition coefficient (Wildman–Crippen LogP) is 0.484. The topological polar surface area (TPSA) is 34.1 Å². The summed E-state index contributed by atoms with van der Waals surface area (Å²) in [5.74, 6) is 0.566. The van der Waals surface area contributed by atoms with Crippen LogP contribution in [0.3, 0.4) is 0 Å². The first kappa shape index (κ1) is 10.8. The van der Waals surface area contributed by atoms with Gasteiger partial charge >= 0.3 is 0 Å². The normalized spacial score (nSPS) is 10.0. The van der Waals surface area contributed by atoms with E-state index >= 15 is 0 Å². The molecule has 1 aromatic carbocycles. The summed E-state index contributed by atoms with van der Waals surface area (Å²) in [5, 5.41) is 2.63. The standard InChI is InChI=1S/C10H13FNO2/c1-12-6-7-4-9(13-2)10(14-3)5-8(7)11/h4-5,12H,1,6H2,2-3H3. The van der Waals surface area contributed by atoms with Crippen molar-refractivity contribution < 1.29 is 19.2 Å². The van der Waals surface area contributed by atoms with Crippen LogP contribution in [-0.4, -0.2) is 14.2 Å². The monoisotopic (exact) mass is 198 g/mol. The lowest BCUT2D eigenvalue weighted by molar-refractivity contribution is -0.612. The molecule has 1 radical (unpaired) electrons. The first-order valence-electron chi connectivity index (χ1n) is 4.13. The van der Waals surface area contributed by atoms with E-state index in [4.69, 9.17) is 9.47 Å². The van der Waals surface area contributed by atoms with Gasteiger partial charge in [0.15, 0.2) is 11.5 Å². The average molecular weight is 198 g/mol. The van der Waals surface area contributed by atoms with Gasteiger partial charge in [0, 0.05) is 11.6 Å². The molecule has 0 heterocycles. The molecule has 3 nitrogen and oxygen atoms in total. The number of nitrogens with one attached hydrogen (secondary N) is 1. The molecule has 0 atom stereocenters. The lowest BCUT2D eigenvalue weighted by Crippen LogP contribution is -2.75. The van der Waals surface area contributed by atoms with Crippen LogP contribution in [0.15, 0.2) is 12.1 Å². The van der Waals surface area contributed by atoms with Crippen molar-refractivity contribution in [2.75, 3.05) is 14.2 Å². The van der Waals surface area contributed by atoms with Crippen LogP contribution in [0.2, 0.25) is 0 Å². The van der Waals surface area contributed by atoms with Crippen molar-refractivity contribution in [3.63, 3.8) is 0 Å². The number of ether oxygens (including phenoxy) is 2. The Bertz CT molecular complexity index is 315. The van der Waals surface area contributed by atoms with Crippen LogP contribution in [-0.2, 0) is 6.54 Å². The van der Waals surface area contributed by atoms with E-state index in [0.717, 1.165) is 0 Å². The Balaban J connectivity index is 3.09. The molecule has 0 spiro atoms. The molecule has 0 aliphatic rings. The molecule has 77 valence electrons. The molecule has 0 saturated carbocycles. The molecule has 1 N–H and O–H groups in total. The summed E-state index contributed by atoms with van der Waals surface area (Å²) >= 11 is 0. The van der Waals surface area contributed by atoms with Crippen molar-refractivity contribution in [2.24, 2.45) is 0 Å². The lowest BCUT2D eigenvalue weighted by Gasteiger charge is -2.09. The summed E-state index contributed by atoms with van der Waals surface area (Å²) in [6.07, 6.45) is 0. The number of rotatable bonds is 4. The SMILES string of the molecule is [CH2-][NH+]Cc1cc(OC)c(OC)cc1F. The summed E-state index contributed by atoms with van der Waals surface area (Å²) in [4.78, 5) is 0. The summed E-state index contributed by atoms with van der Waals surface area (Å²) in [5.41, 5.74) is 0.498. The van der Waals surface area contributed by atoms with Gasteiger partial charge in [-0.25, -0.2) is 4.39 Å². The Hall–Kier alpha value is -1.29. The zero-order valence-corrected chi connectivity index (χ0v) is 8.26. The largest absolute Gasteiger partial charge is 0.493 e. The van der Waals surface area contributed by atoms with E-state index < -0.39 is 0 Å². The van der Waals surface area contributed by atoms with Gasteiger partial charge in [-0.1, -0.05) is 0 Å². The molecule has 0 aliphatic carbocycles. The van der Waals surface area contributed by atoms with E-state index in [1.807, 2.05) is 0 Å². The molecule has 1 aromatic rings. The lowest BCUT2D eigenvalue weighted by atomic mass is 10.2. The fourth-order valence-corrected chi connectivity index (χ4v) is 1.17. The van der Waals surface area contributed by atoms with Gasteiger partial charge in [0.2, 0.25) is 0 Å². The molecule has 0 fully saturated rings. The Labute approximate surface area is 82.8 Å². The van der Waals surface area contributed by atoms with Crippen LogP contribution < -0.4 is 14.8 Å². The van der Waals surface area contributed by atoms with E-state index in [-0.39, 0.29) is 5.82 Å². The van der Waals surface area contributed by atoms with Crippen molar-refractivity contribution >= 4 is 0 Å². The predicted molar refractivity (Wildman–Crippen MR) is 49.5 cm³/mol. The van der Waals surface area contributed by atoms with E-state index in [9.17, 15) is 4.39 Å². The summed E-state index contributed by atoms with van der Waals surface area (Å²) < 4.78 is 23.3. The minimum Gasteiger partial charge on any atom is -0.493 e. The van der Waals surface area contributed by atoms with Crippen LogP contribution in [0.25, 0.3) is 0 Å². The van der Waals surface area contributed by atoms with Gasteiger partial charge in [-0.05, 0) is 6.07 Å². The highest BCUT2D eigenvalue weighted by Gasteiger charge is 2.11. The molecule has 0 unspecified atom stereocenters. The number of hydrogen-bond acceptors (Lipinski definition) is 3. The second kappa shape index (κ2) is 4.81. The highest BCUT2D eigenvalue weighted by atomic mass is 19.1. The number of hydrogen-bond donors (Lipinski definition) is 1. The average Bonchev–Trinajstić information content (AvgIpc) is 2.20. The minimum absolute atomic E-state index is 0.334. The molecule has 14 heavy (non-hydrogen) atoms. The van der Waals surface area contributed by atoms with Gasteiger partial charge < -0.3 is 14.8 Å². The zero-order valence-electron chi connectivity index (χ0n) is 8.26. The Morgan fingerprint density at radius 2 is 1.86 bits per heavy atom. The summed E-state index contributed by atoms with van der Waals surface area (Å²) in [7, 11) is 6.41. The van der Waals surface area contributed by atoms with Crippen LogP contribution in [0.5, 0.6) is 11.5 Å². The highest BCUT2D eigenvalue weighted by molar-refractivity contribution is 5.43. The quantitative estimate of drug-likeness (QED) is 0.714. The van der Waals surface area contributed by atoms with Crippen LogP contribution >= 0.6 is 0 Å². The van der Waals surface area contributed by atoms with Crippen molar-refractivity contribution in [3.05, 3.63) is 30.6 Å². The summed E-state index contributed by atoms with van der Waals surface area (Å²) in [6.45, 7) is 0.353. The fraction of sp³-hybridized carbons (Fsp3) is 0.300. The maximum absolute atomic E-state index is 13.3. The molecule has 0 amide bonds. The third-order valence-electron chi connectivity index (χ3n) is 1.87. The first-order chi connectivity index (χ1) is 6.72. The molecule has 0 bridgehead atoms. The van der Waals surface area contributed by atoms with Crippen LogP contribution in [0, 0.1) is 12.9 Å². The molecule has 0 aliphatic heterocycles. The number of halogens is 1. The Kier molecular flexibility index (Phi) is 3.71. The van der Waals surface area contributed by atoms with Gasteiger partial charge in [-0.3, -0.25) is 0 Å². The van der Waals surface area contributed by atoms with Gasteiger partial charge in [0.05, 0.1) is 14.2 Å². The maximum atomic E-state index is 13.3. The van der Waals surface area contributed by atoms with E-state index in [0.29, 0.717) is 23.6 Å². The Morgan fingerprint density at radius 3 is 2.36 bits per heavy atom. The highest BCUT2D eigenvalue weighted by Crippen LogP contribution is 2.29. The van der Waals surface area contributed by atoms with Crippen LogP contribution in [0.4, 0.5) is 4.39 Å². The molecule has 1 rings (SSSR count). The van der Waals surface area contributed by atoms with Gasteiger partial charge in [0.25, 0.3) is 0 Å². The van der Waals surface area contributed by atoms with E-state index in [2.05, 4.69) is 12.4 Å². The van der Waals surface area contributed by atoms with Crippen molar-refractivity contribution in [2.45, 2.75) is 6.54 Å². The third kappa shape index (κ3) is 2.14. The number of benzene rings is 1. The third-order valence-corrected chi connectivity index (χ3v) is 1.87. The molecule has 4 heteroatoms. The maximum Gasteiger partial charge on any atom is 0.163 e. The molecular weight excluding hydrogens is 185 g/mol. The summed E-state index contributed by atoms with van der Waals surface area (Å²) in [6, 6.07) is 2.89. The van der Waals surface area contributed by atoms with E-state index in [1.54, 1.807) is 6.07 Å². The van der Waals surface area contributed by atoms with Crippen molar-refractivity contribution in [1.29, 1.82) is 0 Å². The molecular formula is C10H13FNO2. The second-order valence-corrected chi connectivity index (χ2v) is 2.73. The fourth-order valence-electron chi connectivity index (χ4n) is 1.17. The minimum atomic E-state index is -0.334. The zero-order chi connectivity index (χ0) is 10.6. The smallest absolute Gasteiger partial charge is 0.163 e. The Morgan fingerprint density at radius 1 is 1.29 bits per heavy atom. The van der Waals surface area contributed by atoms with Crippen molar-refractivity contribution in [1.82, 2.24) is 0 Å². The van der Waals surface area contributed by atoms with Gasteiger partial charge in [-0.2, -0.15) is 0 Å². The number of methoxy groups -OCH3 is 2. The molecule has 0 aromatic heterocycles. The van der Waals surface area contributed by atoms with Gasteiger partial charge in [0.1, 0.15) is 12.4 Å². The van der Waals surface area contributed by atoms with E-state index in [1.165, 1.54) is 20.3 Å². The van der Waals surface area contributed by atoms with Crippen molar-refractivity contribution in [3.8, 4) is 11.5 Å². The van der Waals surface area contributed by atoms with Gasteiger partial charge in [-0.15, -0.1) is 7.05 Å².